The van der Waals surface area contributed by atoms with Crippen LogP contribution in [0.4, 0.5) is 0 Å². The molecule has 1 aromatic carbocycles. The van der Waals surface area contributed by atoms with Crippen molar-refractivity contribution in [3.8, 4) is 5.75 Å². The lowest BCUT2D eigenvalue weighted by Gasteiger charge is -2.10. The van der Waals surface area contributed by atoms with E-state index >= 15 is 0 Å². The van der Waals surface area contributed by atoms with Crippen molar-refractivity contribution in [3.63, 3.8) is 0 Å². The molecule has 3 rings (SSSR count). The topological polar surface area (TPSA) is 77.7 Å². The van der Waals surface area contributed by atoms with Crippen molar-refractivity contribution >= 4 is 11.6 Å². The van der Waals surface area contributed by atoms with Gasteiger partial charge in [0.15, 0.2) is 0 Å². The number of nitrogens with zero attached hydrogens (tertiary/aromatic N) is 3. The molecule has 0 saturated carbocycles. The van der Waals surface area contributed by atoms with Crippen LogP contribution in [-0.2, 0) is 23.2 Å². The van der Waals surface area contributed by atoms with Crippen LogP contribution >= 0.6 is 0 Å². The molecule has 1 amide bonds. The lowest BCUT2D eigenvalue weighted by atomic mass is 10.0. The molecule has 1 aliphatic heterocycles. The minimum absolute atomic E-state index is 0.188. The van der Waals surface area contributed by atoms with Gasteiger partial charge in [0.2, 0.25) is 6.10 Å². The molecule has 0 fully saturated rings. The minimum Gasteiger partial charge on any atom is -0.496 e. The molecular formula is C17H20N4O3. The Bertz CT molecular complexity index is 782. The maximum atomic E-state index is 12.3. The third-order valence-electron chi connectivity index (χ3n) is 4.17. The van der Waals surface area contributed by atoms with Gasteiger partial charge in [0.25, 0.3) is 5.91 Å². The van der Waals surface area contributed by atoms with Crippen LogP contribution in [0.5, 0.6) is 5.75 Å². The summed E-state index contributed by atoms with van der Waals surface area (Å²) in [6.07, 6.45) is 1.54. The van der Waals surface area contributed by atoms with E-state index in [1.165, 1.54) is 0 Å². The van der Waals surface area contributed by atoms with E-state index in [1.807, 2.05) is 38.2 Å². The van der Waals surface area contributed by atoms with Gasteiger partial charge in [-0.15, -0.1) is 0 Å². The summed E-state index contributed by atoms with van der Waals surface area (Å²) in [5, 5.41) is 11.1. The first-order valence-corrected chi connectivity index (χ1v) is 7.71. The van der Waals surface area contributed by atoms with Crippen LogP contribution in [0.15, 0.2) is 35.6 Å². The molecule has 0 aliphatic carbocycles. The number of oxime groups is 1. The van der Waals surface area contributed by atoms with Crippen molar-refractivity contribution in [2.24, 2.45) is 12.2 Å². The van der Waals surface area contributed by atoms with E-state index < -0.39 is 6.10 Å². The molecule has 0 bridgehead atoms. The van der Waals surface area contributed by atoms with E-state index in [2.05, 4.69) is 15.6 Å². The number of hydrogen-bond acceptors (Lipinski definition) is 5. The SMILES string of the molecule is COc1ccccc1C1=NOC(C(=O)NCc2cnn(C)c2C)C1. The molecule has 1 atom stereocenters. The van der Waals surface area contributed by atoms with Gasteiger partial charge >= 0.3 is 0 Å². The Balaban J connectivity index is 1.60. The molecule has 2 aromatic rings. The third kappa shape index (κ3) is 3.10. The minimum atomic E-state index is -0.623. The summed E-state index contributed by atoms with van der Waals surface area (Å²) >= 11 is 0. The van der Waals surface area contributed by atoms with Crippen molar-refractivity contribution in [2.45, 2.75) is 26.0 Å². The van der Waals surface area contributed by atoms with Crippen molar-refractivity contribution in [1.82, 2.24) is 15.1 Å². The highest BCUT2D eigenvalue weighted by Gasteiger charge is 2.30. The van der Waals surface area contributed by atoms with Gasteiger partial charge in [-0.3, -0.25) is 9.48 Å². The zero-order valence-corrected chi connectivity index (χ0v) is 13.9. The molecular weight excluding hydrogens is 308 g/mol. The van der Waals surface area contributed by atoms with Gasteiger partial charge in [0.05, 0.1) is 19.0 Å². The summed E-state index contributed by atoms with van der Waals surface area (Å²) in [6.45, 7) is 2.38. The highest BCUT2D eigenvalue weighted by molar-refractivity contribution is 6.05. The quantitative estimate of drug-likeness (QED) is 0.903. The maximum absolute atomic E-state index is 12.3. The van der Waals surface area contributed by atoms with Crippen LogP contribution in [0.2, 0.25) is 0 Å². The standard InChI is InChI=1S/C17H20N4O3/c1-11-12(10-19-21(11)2)9-18-17(22)16-8-14(20-24-16)13-6-4-5-7-15(13)23-3/h4-7,10,16H,8-9H2,1-3H3,(H,18,22). The zero-order chi connectivity index (χ0) is 17.1. The molecule has 0 saturated heterocycles. The summed E-state index contributed by atoms with van der Waals surface area (Å²) in [4.78, 5) is 17.6. The van der Waals surface area contributed by atoms with E-state index in [-0.39, 0.29) is 5.91 Å². The lowest BCUT2D eigenvalue weighted by Crippen LogP contribution is -2.34. The summed E-state index contributed by atoms with van der Waals surface area (Å²) < 4.78 is 7.10. The smallest absolute Gasteiger partial charge is 0.264 e. The first kappa shape index (κ1) is 16.0. The highest BCUT2D eigenvalue weighted by Crippen LogP contribution is 2.24. The van der Waals surface area contributed by atoms with Gasteiger partial charge in [-0.1, -0.05) is 17.3 Å². The lowest BCUT2D eigenvalue weighted by molar-refractivity contribution is -0.131. The van der Waals surface area contributed by atoms with Gasteiger partial charge < -0.3 is 14.9 Å². The summed E-state index contributed by atoms with van der Waals surface area (Å²) in [5.74, 6) is 0.527. The first-order chi connectivity index (χ1) is 11.6. The number of hydrogen-bond donors (Lipinski definition) is 1. The van der Waals surface area contributed by atoms with Gasteiger partial charge in [0.1, 0.15) is 5.75 Å². The summed E-state index contributed by atoms with van der Waals surface area (Å²) in [7, 11) is 3.48. The van der Waals surface area contributed by atoms with E-state index in [9.17, 15) is 4.79 Å². The number of amides is 1. The Hall–Kier alpha value is -2.83. The molecule has 24 heavy (non-hydrogen) atoms. The van der Waals surface area contributed by atoms with Gasteiger partial charge in [-0.2, -0.15) is 5.10 Å². The Morgan fingerprint density at radius 1 is 1.46 bits per heavy atom. The molecule has 7 heteroatoms. The molecule has 1 unspecified atom stereocenters. The van der Waals surface area contributed by atoms with E-state index in [0.717, 1.165) is 16.8 Å². The Labute approximate surface area is 140 Å². The third-order valence-corrected chi connectivity index (χ3v) is 4.17. The monoisotopic (exact) mass is 328 g/mol. The van der Waals surface area contributed by atoms with E-state index in [4.69, 9.17) is 9.57 Å². The second-order valence-corrected chi connectivity index (χ2v) is 5.63. The fourth-order valence-corrected chi connectivity index (χ4v) is 2.57. The number of aromatic nitrogens is 2. The second-order valence-electron chi connectivity index (χ2n) is 5.63. The van der Waals surface area contributed by atoms with Crippen molar-refractivity contribution in [1.29, 1.82) is 0 Å². The number of rotatable bonds is 5. The predicted molar refractivity (Wildman–Crippen MR) is 88.8 cm³/mol. The van der Waals surface area contributed by atoms with Gasteiger partial charge in [-0.05, 0) is 19.1 Å². The fraction of sp³-hybridized carbons (Fsp3) is 0.353. The van der Waals surface area contributed by atoms with Crippen LogP contribution in [0.25, 0.3) is 0 Å². The van der Waals surface area contributed by atoms with Crippen LogP contribution in [0, 0.1) is 6.92 Å². The van der Waals surface area contributed by atoms with Gasteiger partial charge in [0, 0.05) is 36.8 Å². The molecule has 1 aromatic heterocycles. The van der Waals surface area contributed by atoms with Gasteiger partial charge in [-0.25, -0.2) is 0 Å². The van der Waals surface area contributed by atoms with Crippen molar-refractivity contribution < 1.29 is 14.4 Å². The molecule has 126 valence electrons. The van der Waals surface area contributed by atoms with Crippen molar-refractivity contribution in [2.75, 3.05) is 7.11 Å². The summed E-state index contributed by atoms with van der Waals surface area (Å²) in [5.41, 5.74) is 3.56. The normalized spacial score (nSPS) is 16.5. The number of methoxy groups -OCH3 is 1. The molecule has 2 heterocycles. The van der Waals surface area contributed by atoms with Crippen LogP contribution in [0.3, 0.4) is 0 Å². The maximum Gasteiger partial charge on any atom is 0.264 e. The number of ether oxygens (including phenoxy) is 1. The summed E-state index contributed by atoms with van der Waals surface area (Å²) in [6, 6.07) is 7.55. The number of aryl methyl sites for hydroxylation is 1. The Morgan fingerprint density at radius 2 is 2.25 bits per heavy atom. The molecule has 0 radical (unpaired) electrons. The molecule has 0 spiro atoms. The average molecular weight is 328 g/mol. The molecule has 1 aliphatic rings. The first-order valence-electron chi connectivity index (χ1n) is 7.71. The van der Waals surface area contributed by atoms with Crippen molar-refractivity contribution in [3.05, 3.63) is 47.3 Å². The zero-order valence-electron chi connectivity index (χ0n) is 13.9. The highest BCUT2D eigenvalue weighted by atomic mass is 16.6. The Morgan fingerprint density at radius 3 is 2.96 bits per heavy atom. The van der Waals surface area contributed by atoms with E-state index in [0.29, 0.717) is 24.4 Å². The predicted octanol–water partition coefficient (Wildman–Crippen LogP) is 1.55. The molecule has 7 nitrogen and oxygen atoms in total. The Kier molecular flexibility index (Phi) is 4.50. The average Bonchev–Trinajstić information content (AvgIpc) is 3.21. The van der Waals surface area contributed by atoms with E-state index in [1.54, 1.807) is 18.0 Å². The van der Waals surface area contributed by atoms with Crippen LogP contribution in [-0.4, -0.2) is 34.6 Å². The molecule has 1 N–H and O–H groups in total. The number of carbonyl (C=O) groups is 1. The van der Waals surface area contributed by atoms with Crippen LogP contribution in [0.1, 0.15) is 23.2 Å². The van der Waals surface area contributed by atoms with Crippen LogP contribution < -0.4 is 10.1 Å². The number of benzene rings is 1. The number of para-hydroxylation sites is 1. The number of carbonyl (C=O) groups excluding carboxylic acids is 1. The number of nitrogens with one attached hydrogen (secondary N) is 1. The largest absolute Gasteiger partial charge is 0.496 e. The fourth-order valence-electron chi connectivity index (χ4n) is 2.57. The second kappa shape index (κ2) is 6.74.